The van der Waals surface area contributed by atoms with Crippen molar-refractivity contribution < 1.29 is 0 Å². The van der Waals surface area contributed by atoms with Gasteiger partial charge in [-0.2, -0.15) is 0 Å². The number of tetrazole rings is 1. The number of rotatable bonds is 7. The van der Waals surface area contributed by atoms with Crippen LogP contribution in [0.2, 0.25) is 0 Å². The average molecular weight is 283 g/mol. The summed E-state index contributed by atoms with van der Waals surface area (Å²) in [4.78, 5) is 0. The first-order valence-electron chi connectivity index (χ1n) is 7.36. The van der Waals surface area contributed by atoms with Gasteiger partial charge in [-0.1, -0.05) is 45.4 Å². The number of aromatic nitrogens is 4. The normalized spacial score (nSPS) is 18.3. The topological polar surface area (TPSA) is 55.6 Å². The lowest BCUT2D eigenvalue weighted by Gasteiger charge is -2.21. The van der Waals surface area contributed by atoms with Gasteiger partial charge in [-0.3, -0.25) is 0 Å². The van der Waals surface area contributed by atoms with Gasteiger partial charge in [0.15, 0.2) is 0 Å². The van der Waals surface area contributed by atoms with Gasteiger partial charge in [-0.25, -0.2) is 4.68 Å². The molecular weight excluding hydrogens is 258 g/mol. The molecule has 1 N–H and O–H groups in total. The van der Waals surface area contributed by atoms with Gasteiger partial charge < -0.3 is 5.32 Å². The van der Waals surface area contributed by atoms with E-state index in [4.69, 9.17) is 0 Å². The molecule has 1 atom stereocenters. The molecule has 0 spiro atoms. The van der Waals surface area contributed by atoms with E-state index >= 15 is 0 Å². The predicted octanol–water partition coefficient (Wildman–Crippen LogP) is 2.51. The van der Waals surface area contributed by atoms with Crippen molar-refractivity contribution in [1.29, 1.82) is 0 Å². The van der Waals surface area contributed by atoms with Crippen LogP contribution in [0.3, 0.4) is 0 Å². The number of hydrogen-bond acceptors (Lipinski definition) is 5. The summed E-state index contributed by atoms with van der Waals surface area (Å²) in [7, 11) is 0. The SMILES string of the molecule is CCNC(CSc1nnnn1C1CCCC1)C(C)C. The van der Waals surface area contributed by atoms with Crippen molar-refractivity contribution in [1.82, 2.24) is 25.5 Å². The number of nitrogens with one attached hydrogen (secondary N) is 1. The van der Waals surface area contributed by atoms with Crippen LogP contribution in [0.4, 0.5) is 0 Å². The molecule has 2 rings (SSSR count). The van der Waals surface area contributed by atoms with Gasteiger partial charge in [0.2, 0.25) is 5.16 Å². The molecule has 1 heterocycles. The smallest absolute Gasteiger partial charge is 0.209 e. The highest BCUT2D eigenvalue weighted by atomic mass is 32.2. The molecule has 108 valence electrons. The van der Waals surface area contributed by atoms with Crippen LogP contribution in [0.1, 0.15) is 52.5 Å². The third kappa shape index (κ3) is 3.92. The second kappa shape index (κ2) is 7.24. The quantitative estimate of drug-likeness (QED) is 0.779. The molecule has 0 aromatic carbocycles. The summed E-state index contributed by atoms with van der Waals surface area (Å²) < 4.78 is 2.04. The lowest BCUT2D eigenvalue weighted by atomic mass is 10.1. The molecule has 1 aliphatic carbocycles. The fraction of sp³-hybridized carbons (Fsp3) is 0.923. The Morgan fingerprint density at radius 1 is 1.37 bits per heavy atom. The zero-order valence-electron chi connectivity index (χ0n) is 12.2. The first-order chi connectivity index (χ1) is 9.22. The first-order valence-corrected chi connectivity index (χ1v) is 8.35. The molecule has 1 aromatic rings. The minimum Gasteiger partial charge on any atom is -0.313 e. The van der Waals surface area contributed by atoms with E-state index in [1.54, 1.807) is 11.8 Å². The second-order valence-electron chi connectivity index (χ2n) is 5.56. The Kier molecular flexibility index (Phi) is 5.63. The van der Waals surface area contributed by atoms with E-state index in [2.05, 4.69) is 41.6 Å². The minimum atomic E-state index is 0.517. The summed E-state index contributed by atoms with van der Waals surface area (Å²) >= 11 is 1.78. The van der Waals surface area contributed by atoms with E-state index in [0.29, 0.717) is 18.0 Å². The van der Waals surface area contributed by atoms with Gasteiger partial charge in [0.25, 0.3) is 0 Å². The predicted molar refractivity (Wildman–Crippen MR) is 78.3 cm³/mol. The van der Waals surface area contributed by atoms with Crippen LogP contribution in [-0.2, 0) is 0 Å². The molecule has 1 saturated carbocycles. The summed E-state index contributed by atoms with van der Waals surface area (Å²) in [5.41, 5.74) is 0. The highest BCUT2D eigenvalue weighted by molar-refractivity contribution is 7.99. The Morgan fingerprint density at radius 3 is 2.74 bits per heavy atom. The Bertz CT molecular complexity index is 373. The van der Waals surface area contributed by atoms with Gasteiger partial charge in [0.05, 0.1) is 6.04 Å². The van der Waals surface area contributed by atoms with Crippen molar-refractivity contribution in [2.75, 3.05) is 12.3 Å². The standard InChI is InChI=1S/C13H25N5S/c1-4-14-12(10(2)3)9-19-13-15-16-17-18(13)11-7-5-6-8-11/h10-12,14H,4-9H2,1-3H3. The molecule has 1 aromatic heterocycles. The summed E-state index contributed by atoms with van der Waals surface area (Å²) in [6.07, 6.45) is 5.06. The Balaban J connectivity index is 1.93. The van der Waals surface area contributed by atoms with E-state index in [1.807, 2.05) is 4.68 Å². The fourth-order valence-electron chi connectivity index (χ4n) is 2.57. The molecule has 1 fully saturated rings. The van der Waals surface area contributed by atoms with Crippen molar-refractivity contribution in [2.45, 2.75) is 63.7 Å². The maximum Gasteiger partial charge on any atom is 0.209 e. The maximum absolute atomic E-state index is 4.19. The zero-order valence-corrected chi connectivity index (χ0v) is 13.0. The molecule has 6 heteroatoms. The number of nitrogens with zero attached hydrogens (tertiary/aromatic N) is 4. The molecule has 0 radical (unpaired) electrons. The van der Waals surface area contributed by atoms with Crippen LogP contribution in [0.25, 0.3) is 0 Å². The summed E-state index contributed by atoms with van der Waals surface area (Å²) in [6, 6.07) is 1.04. The number of hydrogen-bond donors (Lipinski definition) is 1. The van der Waals surface area contributed by atoms with E-state index in [0.717, 1.165) is 17.5 Å². The first kappa shape index (κ1) is 14.8. The van der Waals surface area contributed by atoms with Crippen LogP contribution >= 0.6 is 11.8 Å². The van der Waals surface area contributed by atoms with Crippen molar-refractivity contribution in [3.8, 4) is 0 Å². The van der Waals surface area contributed by atoms with Crippen molar-refractivity contribution in [3.05, 3.63) is 0 Å². The molecule has 0 amide bonds. The lowest BCUT2D eigenvalue weighted by molar-refractivity contribution is 0.420. The Hall–Kier alpha value is -0.620. The average Bonchev–Trinajstić information content (AvgIpc) is 3.03. The Morgan fingerprint density at radius 2 is 2.11 bits per heavy atom. The fourth-order valence-corrected chi connectivity index (χ4v) is 3.82. The summed E-state index contributed by atoms with van der Waals surface area (Å²) in [6.45, 7) is 7.68. The molecule has 0 saturated heterocycles. The zero-order chi connectivity index (χ0) is 13.7. The van der Waals surface area contributed by atoms with Crippen LogP contribution in [-0.4, -0.2) is 38.5 Å². The molecule has 19 heavy (non-hydrogen) atoms. The minimum absolute atomic E-state index is 0.517. The molecule has 5 nitrogen and oxygen atoms in total. The van der Waals surface area contributed by atoms with Crippen LogP contribution in [0.15, 0.2) is 5.16 Å². The Labute approximate surface area is 119 Å². The van der Waals surface area contributed by atoms with Gasteiger partial charge >= 0.3 is 0 Å². The molecule has 1 aliphatic rings. The third-order valence-corrected chi connectivity index (χ3v) is 4.85. The molecule has 1 unspecified atom stereocenters. The van der Waals surface area contributed by atoms with Crippen LogP contribution in [0.5, 0.6) is 0 Å². The van der Waals surface area contributed by atoms with Crippen molar-refractivity contribution in [3.63, 3.8) is 0 Å². The lowest BCUT2D eigenvalue weighted by Crippen LogP contribution is -2.35. The van der Waals surface area contributed by atoms with Crippen molar-refractivity contribution >= 4 is 11.8 Å². The molecular formula is C13H25N5S. The van der Waals surface area contributed by atoms with Gasteiger partial charge in [0.1, 0.15) is 0 Å². The highest BCUT2D eigenvalue weighted by Gasteiger charge is 2.22. The van der Waals surface area contributed by atoms with Gasteiger partial charge in [-0.05, 0) is 35.7 Å². The third-order valence-electron chi connectivity index (χ3n) is 3.80. The molecule has 0 bridgehead atoms. The van der Waals surface area contributed by atoms with E-state index in [-0.39, 0.29) is 0 Å². The molecule has 0 aliphatic heterocycles. The van der Waals surface area contributed by atoms with E-state index in [1.165, 1.54) is 25.7 Å². The summed E-state index contributed by atoms with van der Waals surface area (Å²) in [5, 5.41) is 16.7. The highest BCUT2D eigenvalue weighted by Crippen LogP contribution is 2.31. The largest absolute Gasteiger partial charge is 0.313 e. The monoisotopic (exact) mass is 283 g/mol. The van der Waals surface area contributed by atoms with Crippen molar-refractivity contribution in [2.24, 2.45) is 5.92 Å². The van der Waals surface area contributed by atoms with E-state index in [9.17, 15) is 0 Å². The van der Waals surface area contributed by atoms with Gasteiger partial charge in [0, 0.05) is 11.8 Å². The number of thioether (sulfide) groups is 1. The summed E-state index contributed by atoms with van der Waals surface area (Å²) in [5.74, 6) is 1.65. The van der Waals surface area contributed by atoms with Crippen LogP contribution in [0, 0.1) is 5.92 Å². The van der Waals surface area contributed by atoms with Crippen LogP contribution < -0.4 is 5.32 Å². The second-order valence-corrected chi connectivity index (χ2v) is 6.55. The maximum atomic E-state index is 4.19. The van der Waals surface area contributed by atoms with Gasteiger partial charge in [-0.15, -0.1) is 5.10 Å². The van der Waals surface area contributed by atoms with E-state index < -0.39 is 0 Å².